The normalized spacial score (nSPS) is 12.3. The van der Waals surface area contributed by atoms with Crippen LogP contribution in [0.15, 0.2) is 101 Å². The van der Waals surface area contributed by atoms with Gasteiger partial charge in [-0.2, -0.15) is 0 Å². The molecule has 0 aliphatic carbocycles. The Hall–Kier alpha value is -4.47. The molecule has 4 aromatic rings. The van der Waals surface area contributed by atoms with Crippen LogP contribution in [-0.4, -0.2) is 38.3 Å². The molecule has 0 saturated heterocycles. The molecule has 0 heterocycles. The molecule has 238 valence electrons. The molecule has 9 nitrogen and oxygen atoms in total. The molecule has 4 rings (SSSR count). The molecule has 2 amide bonds. The lowest BCUT2D eigenvalue weighted by Gasteiger charge is -2.18. The molecular formula is C30H27F4N3O6S2. The average molecular weight is 666 g/mol. The van der Waals surface area contributed by atoms with Crippen molar-refractivity contribution in [1.29, 1.82) is 0 Å². The van der Waals surface area contributed by atoms with Crippen LogP contribution in [0.1, 0.15) is 18.6 Å². The standard InChI is InChI=1S/C30H27F4N3O6S2/c1-2-42-28(18-44-24-12-10-23(11-13-24)43-30(32,33)34)19-3-7-21(8-4-19)35-29(39)36-22-9-16-27(38)26(17-22)37-45(40,41)25-14-5-20(31)6-15-25/h3-17,28,37-38H,2,18H2,1H3,(H2,35,36,39). The molecule has 15 heteroatoms. The third-order valence-corrected chi connectivity index (χ3v) is 8.45. The fourth-order valence-electron chi connectivity index (χ4n) is 3.94. The van der Waals surface area contributed by atoms with Crippen molar-refractivity contribution in [3.63, 3.8) is 0 Å². The summed E-state index contributed by atoms with van der Waals surface area (Å²) in [5, 5.41) is 15.4. The Bertz CT molecular complexity index is 1700. The Morgan fingerprint density at radius 3 is 2.16 bits per heavy atom. The van der Waals surface area contributed by atoms with E-state index in [4.69, 9.17) is 4.74 Å². The zero-order valence-electron chi connectivity index (χ0n) is 23.5. The first-order valence-corrected chi connectivity index (χ1v) is 15.7. The van der Waals surface area contributed by atoms with Gasteiger partial charge in [0.2, 0.25) is 0 Å². The van der Waals surface area contributed by atoms with Crippen LogP contribution in [0.25, 0.3) is 0 Å². The summed E-state index contributed by atoms with van der Waals surface area (Å²) in [6.07, 6.45) is -5.11. The number of halogens is 4. The van der Waals surface area contributed by atoms with Crippen molar-refractivity contribution in [3.8, 4) is 11.5 Å². The molecule has 4 N–H and O–H groups in total. The molecule has 0 radical (unpaired) electrons. The Kier molecular flexibility index (Phi) is 10.8. The van der Waals surface area contributed by atoms with Crippen LogP contribution >= 0.6 is 11.8 Å². The number of thioether (sulfide) groups is 1. The van der Waals surface area contributed by atoms with Crippen molar-refractivity contribution < 1.29 is 45.4 Å². The van der Waals surface area contributed by atoms with Gasteiger partial charge in [-0.05, 0) is 91.3 Å². The lowest BCUT2D eigenvalue weighted by Crippen LogP contribution is -2.20. The number of urea groups is 1. The predicted molar refractivity (Wildman–Crippen MR) is 163 cm³/mol. The zero-order valence-corrected chi connectivity index (χ0v) is 25.1. The van der Waals surface area contributed by atoms with Gasteiger partial charge in [0.1, 0.15) is 17.3 Å². The van der Waals surface area contributed by atoms with Gasteiger partial charge in [-0.3, -0.25) is 4.72 Å². The molecule has 0 fully saturated rings. The summed E-state index contributed by atoms with van der Waals surface area (Å²) in [4.78, 5) is 13.1. The first-order valence-electron chi connectivity index (χ1n) is 13.2. The highest BCUT2D eigenvalue weighted by Crippen LogP contribution is 2.32. The number of carbonyl (C=O) groups excluding carboxylic acids is 1. The van der Waals surface area contributed by atoms with E-state index in [1.807, 2.05) is 6.92 Å². The lowest BCUT2D eigenvalue weighted by molar-refractivity contribution is -0.274. The summed E-state index contributed by atoms with van der Waals surface area (Å²) in [7, 11) is -4.15. The Morgan fingerprint density at radius 2 is 1.53 bits per heavy atom. The summed E-state index contributed by atoms with van der Waals surface area (Å²) in [5.74, 6) is -0.842. The smallest absolute Gasteiger partial charge is 0.506 e. The number of ether oxygens (including phenoxy) is 2. The topological polar surface area (TPSA) is 126 Å². The molecule has 0 aromatic heterocycles. The number of hydrogen-bond acceptors (Lipinski definition) is 7. The van der Waals surface area contributed by atoms with E-state index >= 15 is 0 Å². The molecule has 0 bridgehead atoms. The van der Waals surface area contributed by atoms with Crippen LogP contribution in [0.4, 0.5) is 39.4 Å². The van der Waals surface area contributed by atoms with E-state index in [1.54, 1.807) is 24.3 Å². The first-order chi connectivity index (χ1) is 21.3. The van der Waals surface area contributed by atoms with Gasteiger partial charge in [0.05, 0.1) is 16.7 Å². The number of anilines is 3. The number of amides is 2. The maximum absolute atomic E-state index is 13.2. The second-order valence-corrected chi connectivity index (χ2v) is 12.0. The number of phenolic OH excluding ortho intramolecular Hbond substituents is 1. The molecule has 0 aliphatic heterocycles. The van der Waals surface area contributed by atoms with E-state index in [0.717, 1.165) is 34.7 Å². The number of sulfonamides is 1. The van der Waals surface area contributed by atoms with Crippen LogP contribution in [0.2, 0.25) is 0 Å². The minimum atomic E-state index is -4.76. The van der Waals surface area contributed by atoms with E-state index in [1.165, 1.54) is 54.2 Å². The van der Waals surface area contributed by atoms with Crippen molar-refractivity contribution >= 4 is 44.9 Å². The Morgan fingerprint density at radius 1 is 0.911 bits per heavy atom. The highest BCUT2D eigenvalue weighted by atomic mass is 32.2. The maximum atomic E-state index is 13.2. The Labute approximate surface area is 260 Å². The fraction of sp³-hybridized carbons (Fsp3) is 0.167. The quantitative estimate of drug-likeness (QED) is 0.0528. The lowest BCUT2D eigenvalue weighted by atomic mass is 10.1. The number of benzene rings is 4. The van der Waals surface area contributed by atoms with E-state index in [2.05, 4.69) is 20.1 Å². The number of alkyl halides is 3. The molecular weight excluding hydrogens is 638 g/mol. The number of nitrogens with one attached hydrogen (secondary N) is 3. The summed E-state index contributed by atoms with van der Waals surface area (Å²) in [5.41, 5.74) is 1.22. The van der Waals surface area contributed by atoms with E-state index in [-0.39, 0.29) is 28.1 Å². The van der Waals surface area contributed by atoms with E-state index < -0.39 is 34.0 Å². The van der Waals surface area contributed by atoms with E-state index in [0.29, 0.717) is 18.0 Å². The van der Waals surface area contributed by atoms with Gasteiger partial charge >= 0.3 is 12.4 Å². The molecule has 45 heavy (non-hydrogen) atoms. The SMILES string of the molecule is CCOC(CSc1ccc(OC(F)(F)F)cc1)c1ccc(NC(=O)Nc2ccc(O)c(NS(=O)(=O)c3ccc(F)cc3)c2)cc1. The molecule has 1 unspecified atom stereocenters. The van der Waals surface area contributed by atoms with Crippen LogP contribution in [0, 0.1) is 5.82 Å². The number of hydrogen-bond donors (Lipinski definition) is 4. The number of phenols is 1. The fourth-order valence-corrected chi connectivity index (χ4v) is 5.97. The van der Waals surface area contributed by atoms with Crippen molar-refractivity contribution in [2.45, 2.75) is 29.2 Å². The van der Waals surface area contributed by atoms with Crippen LogP contribution in [-0.2, 0) is 14.8 Å². The number of carbonyl (C=O) groups is 1. The van der Waals surface area contributed by atoms with Gasteiger partial charge in [-0.1, -0.05) is 12.1 Å². The average Bonchev–Trinajstić information content (AvgIpc) is 2.97. The van der Waals surface area contributed by atoms with Gasteiger partial charge in [0.25, 0.3) is 10.0 Å². The van der Waals surface area contributed by atoms with E-state index in [9.17, 15) is 35.9 Å². The van der Waals surface area contributed by atoms with Crippen LogP contribution in [0.3, 0.4) is 0 Å². The summed E-state index contributed by atoms with van der Waals surface area (Å²) in [6, 6.07) is 19.6. The van der Waals surface area contributed by atoms with Crippen molar-refractivity contribution in [2.24, 2.45) is 0 Å². The monoisotopic (exact) mass is 665 g/mol. The highest BCUT2D eigenvalue weighted by Gasteiger charge is 2.31. The minimum absolute atomic E-state index is 0.171. The van der Waals surface area contributed by atoms with Gasteiger partial charge in [-0.25, -0.2) is 17.6 Å². The van der Waals surface area contributed by atoms with Gasteiger partial charge in [0, 0.05) is 28.6 Å². The molecule has 4 aromatic carbocycles. The van der Waals surface area contributed by atoms with Crippen molar-refractivity contribution in [1.82, 2.24) is 0 Å². The second kappa shape index (κ2) is 14.5. The Balaban J connectivity index is 1.35. The number of aromatic hydroxyl groups is 1. The van der Waals surface area contributed by atoms with Crippen molar-refractivity contribution in [2.75, 3.05) is 27.7 Å². The van der Waals surface area contributed by atoms with Crippen LogP contribution in [0.5, 0.6) is 11.5 Å². The largest absolute Gasteiger partial charge is 0.573 e. The van der Waals surface area contributed by atoms with Crippen LogP contribution < -0.4 is 20.1 Å². The summed E-state index contributed by atoms with van der Waals surface area (Å²) in [6.45, 7) is 2.25. The predicted octanol–water partition coefficient (Wildman–Crippen LogP) is 7.74. The number of rotatable bonds is 12. The molecule has 0 aliphatic rings. The highest BCUT2D eigenvalue weighted by molar-refractivity contribution is 7.99. The van der Waals surface area contributed by atoms with Gasteiger partial charge in [-0.15, -0.1) is 24.9 Å². The molecule has 1 atom stereocenters. The van der Waals surface area contributed by atoms with Gasteiger partial charge < -0.3 is 25.2 Å². The third kappa shape index (κ3) is 10.0. The van der Waals surface area contributed by atoms with Crippen molar-refractivity contribution in [3.05, 3.63) is 102 Å². The minimum Gasteiger partial charge on any atom is -0.506 e. The maximum Gasteiger partial charge on any atom is 0.573 e. The van der Waals surface area contributed by atoms with Gasteiger partial charge in [0.15, 0.2) is 0 Å². The first kappa shape index (κ1) is 33.4. The zero-order chi connectivity index (χ0) is 32.6. The summed E-state index contributed by atoms with van der Waals surface area (Å²) < 4.78 is 87.6. The molecule has 0 saturated carbocycles. The second-order valence-electron chi connectivity index (χ2n) is 9.27. The molecule has 0 spiro atoms. The third-order valence-electron chi connectivity index (χ3n) is 5.99. The summed E-state index contributed by atoms with van der Waals surface area (Å²) >= 11 is 1.39.